The van der Waals surface area contributed by atoms with E-state index in [1.807, 2.05) is 0 Å². The molecular formula is C8H5F3N4O. The molecule has 0 N–H and O–H groups in total. The Bertz CT molecular complexity index is 500. The molecule has 0 fully saturated rings. The highest BCUT2D eigenvalue weighted by atomic mass is 19.4. The molecule has 0 amide bonds. The number of hydrogen-bond acceptors (Lipinski definition) is 3. The van der Waals surface area contributed by atoms with Crippen LogP contribution >= 0.6 is 0 Å². The first-order valence-electron chi connectivity index (χ1n) is 4.13. The zero-order valence-electron chi connectivity index (χ0n) is 7.72. The topological polar surface area (TPSA) is 52.7 Å². The van der Waals surface area contributed by atoms with Gasteiger partial charge in [0.1, 0.15) is 6.33 Å². The first kappa shape index (κ1) is 10.4. The van der Waals surface area contributed by atoms with Crippen LogP contribution in [0.5, 0.6) is 0 Å². The Morgan fingerprint density at radius 3 is 2.56 bits per heavy atom. The Morgan fingerprint density at radius 1 is 1.25 bits per heavy atom. The lowest BCUT2D eigenvalue weighted by Crippen LogP contribution is -2.24. The summed E-state index contributed by atoms with van der Waals surface area (Å²) in [5.41, 5.74) is 0. The van der Waals surface area contributed by atoms with Crippen LogP contribution in [0.15, 0.2) is 31.1 Å². The number of nitrogens with zero attached hydrogens (tertiary/aromatic N) is 4. The summed E-state index contributed by atoms with van der Waals surface area (Å²) < 4.78 is 38.6. The second kappa shape index (κ2) is 3.47. The number of halogens is 3. The van der Waals surface area contributed by atoms with Gasteiger partial charge >= 0.3 is 12.2 Å². The molecule has 0 aliphatic carbocycles. The molecule has 0 unspecified atom stereocenters. The molecule has 0 spiro atoms. The number of aromatic nitrogens is 4. The van der Waals surface area contributed by atoms with Crippen LogP contribution in [0.2, 0.25) is 0 Å². The van der Waals surface area contributed by atoms with Crippen molar-refractivity contribution >= 4 is 6.03 Å². The van der Waals surface area contributed by atoms with E-state index < -0.39 is 18.0 Å². The Kier molecular flexibility index (Phi) is 2.26. The van der Waals surface area contributed by atoms with E-state index in [0.29, 0.717) is 4.57 Å². The molecule has 0 radical (unpaired) electrons. The third kappa shape index (κ3) is 1.69. The van der Waals surface area contributed by atoms with Crippen molar-refractivity contribution in [2.45, 2.75) is 6.18 Å². The number of carbonyl (C=O) groups excluding carboxylic acids is 1. The summed E-state index contributed by atoms with van der Waals surface area (Å²) >= 11 is 0. The maximum Gasteiger partial charge on any atom is 0.450 e. The van der Waals surface area contributed by atoms with Crippen molar-refractivity contribution in [1.82, 2.24) is 19.1 Å². The van der Waals surface area contributed by atoms with Gasteiger partial charge in [0.25, 0.3) is 0 Å². The van der Waals surface area contributed by atoms with Crippen LogP contribution in [0.4, 0.5) is 18.0 Å². The van der Waals surface area contributed by atoms with Gasteiger partial charge in [-0.3, -0.25) is 4.57 Å². The Hall–Kier alpha value is -2.12. The van der Waals surface area contributed by atoms with Crippen molar-refractivity contribution in [3.05, 3.63) is 36.9 Å². The maximum atomic E-state index is 12.4. The first-order chi connectivity index (χ1) is 7.50. The van der Waals surface area contributed by atoms with Crippen LogP contribution in [-0.2, 0) is 6.18 Å². The molecule has 5 nitrogen and oxygen atoms in total. The lowest BCUT2D eigenvalue weighted by molar-refractivity contribution is -0.145. The lowest BCUT2D eigenvalue weighted by Gasteiger charge is -2.08. The second-order valence-corrected chi connectivity index (χ2v) is 2.87. The van der Waals surface area contributed by atoms with E-state index in [4.69, 9.17) is 0 Å². The number of rotatable bonds is 0. The third-order valence-electron chi connectivity index (χ3n) is 1.83. The molecule has 0 aliphatic heterocycles. The van der Waals surface area contributed by atoms with Crippen molar-refractivity contribution in [2.24, 2.45) is 0 Å². The molecule has 2 rings (SSSR count). The number of carbonyl (C=O) groups is 1. The number of alkyl halides is 3. The van der Waals surface area contributed by atoms with Crippen LogP contribution in [0.1, 0.15) is 5.82 Å². The molecule has 0 aromatic carbocycles. The molecule has 0 atom stereocenters. The van der Waals surface area contributed by atoms with E-state index in [2.05, 4.69) is 9.97 Å². The Morgan fingerprint density at radius 2 is 2.00 bits per heavy atom. The van der Waals surface area contributed by atoms with Crippen LogP contribution in [0, 0.1) is 0 Å². The fourth-order valence-corrected chi connectivity index (χ4v) is 1.16. The highest BCUT2D eigenvalue weighted by molar-refractivity contribution is 5.79. The zero-order chi connectivity index (χ0) is 11.8. The van der Waals surface area contributed by atoms with Crippen LogP contribution < -0.4 is 0 Å². The average molecular weight is 230 g/mol. The van der Waals surface area contributed by atoms with Gasteiger partial charge in [-0.1, -0.05) is 0 Å². The van der Waals surface area contributed by atoms with Crippen molar-refractivity contribution in [1.29, 1.82) is 0 Å². The minimum Gasteiger partial charge on any atom is -0.257 e. The summed E-state index contributed by atoms with van der Waals surface area (Å²) in [5, 5.41) is 0. The van der Waals surface area contributed by atoms with Crippen LogP contribution in [0.3, 0.4) is 0 Å². The third-order valence-corrected chi connectivity index (χ3v) is 1.83. The summed E-state index contributed by atoms with van der Waals surface area (Å²) in [4.78, 5) is 18.3. The molecule has 2 aromatic heterocycles. The Labute approximate surface area is 87.2 Å². The van der Waals surface area contributed by atoms with Gasteiger partial charge in [-0.15, -0.1) is 0 Å². The van der Waals surface area contributed by atoms with Crippen molar-refractivity contribution < 1.29 is 18.0 Å². The molecule has 0 saturated heterocycles. The minimum absolute atomic E-state index is 0.418. The predicted octanol–water partition coefficient (Wildman–Crippen LogP) is 1.61. The van der Waals surface area contributed by atoms with E-state index in [0.717, 1.165) is 23.3 Å². The fourth-order valence-electron chi connectivity index (χ4n) is 1.16. The highest BCUT2D eigenvalue weighted by Crippen LogP contribution is 2.27. The molecule has 84 valence electrons. The van der Waals surface area contributed by atoms with Crippen molar-refractivity contribution in [3.8, 4) is 0 Å². The van der Waals surface area contributed by atoms with E-state index >= 15 is 0 Å². The van der Waals surface area contributed by atoms with Crippen molar-refractivity contribution in [3.63, 3.8) is 0 Å². The number of hydrogen-bond donors (Lipinski definition) is 0. The maximum absolute atomic E-state index is 12.4. The zero-order valence-corrected chi connectivity index (χ0v) is 7.72. The fraction of sp³-hybridized carbons (Fsp3) is 0.125. The molecule has 0 bridgehead atoms. The molecule has 0 saturated carbocycles. The van der Waals surface area contributed by atoms with Gasteiger partial charge < -0.3 is 0 Å². The Balaban J connectivity index is 2.43. The summed E-state index contributed by atoms with van der Waals surface area (Å²) in [7, 11) is 0. The molecule has 2 aromatic rings. The predicted molar refractivity (Wildman–Crippen MR) is 45.6 cm³/mol. The highest BCUT2D eigenvalue weighted by Gasteiger charge is 2.37. The number of imidazole rings is 2. The molecule has 8 heteroatoms. The largest absolute Gasteiger partial charge is 0.450 e. The van der Waals surface area contributed by atoms with E-state index in [-0.39, 0.29) is 0 Å². The van der Waals surface area contributed by atoms with Crippen LogP contribution in [-0.4, -0.2) is 25.1 Å². The van der Waals surface area contributed by atoms with E-state index in [1.165, 1.54) is 12.4 Å². The van der Waals surface area contributed by atoms with Gasteiger partial charge in [-0.05, 0) is 0 Å². The van der Waals surface area contributed by atoms with Gasteiger partial charge in [0.05, 0.1) is 0 Å². The van der Waals surface area contributed by atoms with E-state index in [1.54, 1.807) is 0 Å². The van der Waals surface area contributed by atoms with E-state index in [9.17, 15) is 18.0 Å². The normalized spacial score (nSPS) is 11.7. The average Bonchev–Trinajstić information content (AvgIpc) is 2.87. The molecule has 16 heavy (non-hydrogen) atoms. The van der Waals surface area contributed by atoms with Crippen LogP contribution in [0.25, 0.3) is 0 Å². The van der Waals surface area contributed by atoms with Gasteiger partial charge in [-0.25, -0.2) is 19.3 Å². The van der Waals surface area contributed by atoms with Gasteiger partial charge in [-0.2, -0.15) is 13.2 Å². The summed E-state index contributed by atoms with van der Waals surface area (Å²) in [6.45, 7) is 0. The molecule has 0 aliphatic rings. The monoisotopic (exact) mass is 230 g/mol. The van der Waals surface area contributed by atoms with Gasteiger partial charge in [0.15, 0.2) is 0 Å². The lowest BCUT2D eigenvalue weighted by atomic mass is 10.6. The quantitative estimate of drug-likeness (QED) is 0.690. The smallest absolute Gasteiger partial charge is 0.257 e. The summed E-state index contributed by atoms with van der Waals surface area (Å²) in [6, 6.07) is -0.887. The SMILES string of the molecule is O=C(n1ccnc1)n1ccnc1C(F)(F)F. The summed E-state index contributed by atoms with van der Waals surface area (Å²) in [6.07, 6.45) is 0.857. The first-order valence-corrected chi connectivity index (χ1v) is 4.13. The van der Waals surface area contributed by atoms with Crippen molar-refractivity contribution in [2.75, 3.05) is 0 Å². The van der Waals surface area contributed by atoms with Gasteiger partial charge in [0, 0.05) is 24.8 Å². The molecular weight excluding hydrogens is 225 g/mol. The van der Waals surface area contributed by atoms with Gasteiger partial charge in [0.2, 0.25) is 5.82 Å². The second-order valence-electron chi connectivity index (χ2n) is 2.87. The standard InChI is InChI=1S/C8H5F3N4O/c9-8(10,11)6-13-2-4-15(6)7(16)14-3-1-12-5-14/h1-5H. The molecule has 2 heterocycles. The minimum atomic E-state index is -4.67. The summed E-state index contributed by atoms with van der Waals surface area (Å²) in [5.74, 6) is -1.26.